The van der Waals surface area contributed by atoms with Gasteiger partial charge in [0.1, 0.15) is 5.75 Å². The Bertz CT molecular complexity index is 1110. The number of rotatable bonds is 7. The van der Waals surface area contributed by atoms with E-state index in [9.17, 15) is 24.0 Å². The van der Waals surface area contributed by atoms with Crippen molar-refractivity contribution < 1.29 is 33.4 Å². The molecule has 0 spiro atoms. The predicted octanol–water partition coefficient (Wildman–Crippen LogP) is 0.846. The molecule has 1 aliphatic rings. The lowest BCUT2D eigenvalue weighted by molar-refractivity contribution is -0.152. The first kappa shape index (κ1) is 24.5. The molecule has 34 heavy (non-hydrogen) atoms. The maximum absolute atomic E-state index is 12.5. The van der Waals surface area contributed by atoms with Crippen LogP contribution in [-0.2, 0) is 19.1 Å². The Morgan fingerprint density at radius 2 is 1.74 bits per heavy atom. The van der Waals surface area contributed by atoms with Crippen LogP contribution < -0.4 is 21.0 Å². The molecule has 2 aromatic rings. The Kier molecular flexibility index (Phi) is 8.04. The molecule has 1 heterocycles. The second-order valence-electron chi connectivity index (χ2n) is 7.16. The number of nitrogens with one attached hydrogen (secondary N) is 3. The number of hydrazine groups is 2. The Morgan fingerprint density at radius 1 is 1.03 bits per heavy atom. The van der Waals surface area contributed by atoms with Crippen molar-refractivity contribution in [1.29, 1.82) is 0 Å². The molecule has 3 N–H and O–H groups in total. The zero-order chi connectivity index (χ0) is 24.7. The highest BCUT2D eigenvalue weighted by Gasteiger charge is 2.37. The van der Waals surface area contributed by atoms with Crippen molar-refractivity contribution in [1.82, 2.24) is 21.3 Å². The first-order valence-corrected chi connectivity index (χ1v) is 10.4. The number of hydrogen-bond acceptors (Lipinski definition) is 7. The van der Waals surface area contributed by atoms with E-state index in [2.05, 4.69) is 16.3 Å². The number of esters is 1. The summed E-state index contributed by atoms with van der Waals surface area (Å²) in [6, 6.07) is 12.5. The van der Waals surface area contributed by atoms with Crippen molar-refractivity contribution in [3.05, 3.63) is 64.7 Å². The summed E-state index contributed by atoms with van der Waals surface area (Å²) in [5, 5.41) is 1.48. The van der Waals surface area contributed by atoms with Gasteiger partial charge in [0.2, 0.25) is 5.91 Å². The molecular weight excluding hydrogens is 468 g/mol. The maximum Gasteiger partial charge on any atom is 0.311 e. The van der Waals surface area contributed by atoms with Crippen LogP contribution in [0.5, 0.6) is 5.75 Å². The summed E-state index contributed by atoms with van der Waals surface area (Å²) in [5.74, 6) is -3.75. The lowest BCUT2D eigenvalue weighted by atomic mass is 10.1. The van der Waals surface area contributed by atoms with Crippen molar-refractivity contribution >= 4 is 41.2 Å². The molecule has 0 saturated carbocycles. The van der Waals surface area contributed by atoms with Crippen molar-refractivity contribution in [2.45, 2.75) is 6.42 Å². The number of hydrogen-bond donors (Lipinski definition) is 3. The highest BCUT2D eigenvalue weighted by Crippen LogP contribution is 2.20. The molecule has 178 valence electrons. The zero-order valence-electron chi connectivity index (χ0n) is 18.0. The molecule has 11 nitrogen and oxygen atoms in total. The standard InChI is InChI=1S/C22H21ClN4O7/c1-33-17-5-3-2-4-16(17)21(31)26-27-11-14(10-19(27)29)22(32)34-12-18(28)24-25-20(30)13-6-8-15(23)9-7-13/h2-9,14H,10-12H2,1H3,(H,24,28)(H,25,30)(H,26,31)/t14-/m0/s1. The number of benzene rings is 2. The molecule has 0 radical (unpaired) electrons. The van der Waals surface area contributed by atoms with Crippen molar-refractivity contribution in [3.8, 4) is 5.75 Å². The fourth-order valence-corrected chi connectivity index (χ4v) is 3.21. The minimum atomic E-state index is -0.873. The molecule has 1 aliphatic heterocycles. The van der Waals surface area contributed by atoms with Crippen molar-refractivity contribution in [3.63, 3.8) is 0 Å². The number of carbonyl (C=O) groups is 5. The van der Waals surface area contributed by atoms with E-state index in [4.69, 9.17) is 21.1 Å². The summed E-state index contributed by atoms with van der Waals surface area (Å²) < 4.78 is 10.1. The van der Waals surface area contributed by atoms with Gasteiger partial charge in [0.15, 0.2) is 6.61 Å². The average molecular weight is 489 g/mol. The zero-order valence-corrected chi connectivity index (χ0v) is 18.8. The Hall–Kier alpha value is -4.12. The van der Waals surface area contributed by atoms with Crippen LogP contribution in [0.3, 0.4) is 0 Å². The fourth-order valence-electron chi connectivity index (χ4n) is 3.08. The van der Waals surface area contributed by atoms with Gasteiger partial charge in [-0.15, -0.1) is 0 Å². The second kappa shape index (κ2) is 11.1. The molecule has 3 rings (SSSR count). The van der Waals surface area contributed by atoms with Crippen LogP contribution in [0.4, 0.5) is 0 Å². The van der Waals surface area contributed by atoms with Gasteiger partial charge in [0.05, 0.1) is 25.1 Å². The van der Waals surface area contributed by atoms with Crippen molar-refractivity contribution in [2.24, 2.45) is 5.92 Å². The molecule has 1 fully saturated rings. The van der Waals surface area contributed by atoms with E-state index in [-0.39, 0.29) is 24.1 Å². The number of methoxy groups -OCH3 is 1. The molecule has 0 aliphatic carbocycles. The minimum Gasteiger partial charge on any atom is -0.496 e. The lowest BCUT2D eigenvalue weighted by Crippen LogP contribution is -2.44. The fraction of sp³-hybridized carbons (Fsp3) is 0.227. The van der Waals surface area contributed by atoms with Crippen LogP contribution >= 0.6 is 11.6 Å². The summed E-state index contributed by atoms with van der Waals surface area (Å²) >= 11 is 5.75. The van der Waals surface area contributed by atoms with E-state index in [1.54, 1.807) is 18.2 Å². The maximum atomic E-state index is 12.5. The Morgan fingerprint density at radius 3 is 2.44 bits per heavy atom. The van der Waals surface area contributed by atoms with Gasteiger partial charge in [-0.1, -0.05) is 23.7 Å². The molecular formula is C22H21ClN4O7. The van der Waals surface area contributed by atoms with E-state index in [1.165, 1.54) is 37.4 Å². The number of para-hydroxylation sites is 1. The normalized spacial score (nSPS) is 14.8. The third-order valence-electron chi connectivity index (χ3n) is 4.81. The second-order valence-corrected chi connectivity index (χ2v) is 7.60. The monoisotopic (exact) mass is 488 g/mol. The van der Waals surface area contributed by atoms with Gasteiger partial charge in [0.25, 0.3) is 17.7 Å². The first-order valence-electron chi connectivity index (χ1n) is 10.0. The molecule has 2 aromatic carbocycles. The third kappa shape index (κ3) is 6.23. The molecule has 0 unspecified atom stereocenters. The number of halogens is 1. The van der Waals surface area contributed by atoms with Crippen LogP contribution in [0, 0.1) is 5.92 Å². The summed E-state index contributed by atoms with van der Waals surface area (Å²) in [6.45, 7) is -0.786. The van der Waals surface area contributed by atoms with E-state index >= 15 is 0 Å². The lowest BCUT2D eigenvalue weighted by Gasteiger charge is -2.18. The van der Waals surface area contributed by atoms with Gasteiger partial charge in [-0.3, -0.25) is 45.3 Å². The predicted molar refractivity (Wildman–Crippen MR) is 118 cm³/mol. The topological polar surface area (TPSA) is 143 Å². The van der Waals surface area contributed by atoms with E-state index in [1.807, 2.05) is 0 Å². The van der Waals surface area contributed by atoms with Gasteiger partial charge < -0.3 is 9.47 Å². The van der Waals surface area contributed by atoms with Crippen LogP contribution in [0.15, 0.2) is 48.5 Å². The molecule has 1 saturated heterocycles. The van der Waals surface area contributed by atoms with E-state index in [0.29, 0.717) is 10.8 Å². The largest absolute Gasteiger partial charge is 0.496 e. The smallest absolute Gasteiger partial charge is 0.311 e. The van der Waals surface area contributed by atoms with Crippen LogP contribution in [0.1, 0.15) is 27.1 Å². The number of ether oxygens (including phenoxy) is 2. The summed E-state index contributed by atoms with van der Waals surface area (Å²) in [5.41, 5.74) is 7.23. The first-order chi connectivity index (χ1) is 16.3. The molecule has 1 atom stereocenters. The number of amides is 4. The van der Waals surface area contributed by atoms with Crippen LogP contribution in [0.25, 0.3) is 0 Å². The molecule has 4 amide bonds. The average Bonchev–Trinajstić information content (AvgIpc) is 3.21. The quantitative estimate of drug-likeness (QED) is 0.387. The number of nitrogens with zero attached hydrogens (tertiary/aromatic N) is 1. The molecule has 12 heteroatoms. The SMILES string of the molecule is COc1ccccc1C(=O)NN1C[C@@H](C(=O)OCC(=O)NNC(=O)c2ccc(Cl)cc2)CC1=O. The van der Waals surface area contributed by atoms with Crippen LogP contribution in [0.2, 0.25) is 5.02 Å². The van der Waals surface area contributed by atoms with Gasteiger partial charge >= 0.3 is 5.97 Å². The molecule has 0 aromatic heterocycles. The van der Waals surface area contributed by atoms with E-state index < -0.39 is 42.1 Å². The van der Waals surface area contributed by atoms with Gasteiger partial charge in [-0.05, 0) is 36.4 Å². The highest BCUT2D eigenvalue weighted by atomic mass is 35.5. The van der Waals surface area contributed by atoms with Crippen LogP contribution in [-0.4, -0.2) is 54.9 Å². The van der Waals surface area contributed by atoms with E-state index in [0.717, 1.165) is 5.01 Å². The Balaban J connectivity index is 1.44. The minimum absolute atomic E-state index is 0.118. The van der Waals surface area contributed by atoms with Gasteiger partial charge in [0, 0.05) is 17.0 Å². The highest BCUT2D eigenvalue weighted by molar-refractivity contribution is 6.30. The molecule has 0 bridgehead atoms. The summed E-state index contributed by atoms with van der Waals surface area (Å²) in [7, 11) is 1.42. The number of carbonyl (C=O) groups excluding carboxylic acids is 5. The summed E-state index contributed by atoms with van der Waals surface area (Å²) in [4.78, 5) is 60.8. The van der Waals surface area contributed by atoms with Gasteiger partial charge in [-0.25, -0.2) is 0 Å². The van der Waals surface area contributed by atoms with Crippen molar-refractivity contribution in [2.75, 3.05) is 20.3 Å². The van der Waals surface area contributed by atoms with Gasteiger partial charge in [-0.2, -0.15) is 0 Å². The Labute approximate surface area is 199 Å². The summed E-state index contributed by atoms with van der Waals surface area (Å²) in [6.07, 6.45) is -0.194. The third-order valence-corrected chi connectivity index (χ3v) is 5.07.